The average molecular weight is 268 g/mol. The van der Waals surface area contributed by atoms with Crippen molar-refractivity contribution in [2.75, 3.05) is 0 Å². The second-order valence-corrected chi connectivity index (χ2v) is 5.37. The highest BCUT2D eigenvalue weighted by atomic mass is 35.5. The highest BCUT2D eigenvalue weighted by molar-refractivity contribution is 7.09. The number of nitrogens with zero attached hydrogens (tertiary/aromatic N) is 1. The molecule has 1 atom stereocenters. The van der Waals surface area contributed by atoms with Gasteiger partial charge in [0.1, 0.15) is 0 Å². The summed E-state index contributed by atoms with van der Waals surface area (Å²) in [5.41, 5.74) is 5.78. The van der Waals surface area contributed by atoms with Gasteiger partial charge in [-0.3, -0.25) is 5.84 Å². The van der Waals surface area contributed by atoms with Crippen molar-refractivity contribution < 1.29 is 0 Å². The van der Waals surface area contributed by atoms with Crippen molar-refractivity contribution in [3.05, 3.63) is 50.4 Å². The fourth-order valence-electron chi connectivity index (χ4n) is 1.65. The first-order valence-electron chi connectivity index (χ1n) is 5.26. The van der Waals surface area contributed by atoms with Gasteiger partial charge in [-0.2, -0.15) is 0 Å². The lowest BCUT2D eigenvalue weighted by Gasteiger charge is -2.14. The summed E-state index contributed by atoms with van der Waals surface area (Å²) in [6.07, 6.45) is 0. The molecular weight excluding hydrogens is 254 g/mol. The number of rotatable bonds is 3. The van der Waals surface area contributed by atoms with Crippen LogP contribution in [-0.2, 0) is 0 Å². The molecule has 0 aliphatic rings. The van der Waals surface area contributed by atoms with E-state index in [0.29, 0.717) is 0 Å². The summed E-state index contributed by atoms with van der Waals surface area (Å²) in [6.45, 7) is 3.95. The van der Waals surface area contributed by atoms with E-state index in [0.717, 1.165) is 26.9 Å². The molecule has 0 saturated carbocycles. The van der Waals surface area contributed by atoms with E-state index >= 15 is 0 Å². The largest absolute Gasteiger partial charge is 0.271 e. The third kappa shape index (κ3) is 2.66. The molecule has 2 rings (SSSR count). The minimum atomic E-state index is -0.113. The van der Waals surface area contributed by atoms with Crippen LogP contribution < -0.4 is 11.3 Å². The topological polar surface area (TPSA) is 50.9 Å². The van der Waals surface area contributed by atoms with E-state index < -0.39 is 0 Å². The van der Waals surface area contributed by atoms with Gasteiger partial charge in [0.2, 0.25) is 0 Å². The predicted octanol–water partition coefficient (Wildman–Crippen LogP) is 2.97. The number of nitrogens with two attached hydrogens (primary N) is 1. The van der Waals surface area contributed by atoms with Gasteiger partial charge in [-0.25, -0.2) is 10.4 Å². The Morgan fingerprint density at radius 1 is 1.41 bits per heavy atom. The molecule has 1 aromatic heterocycles. The van der Waals surface area contributed by atoms with E-state index in [9.17, 15) is 0 Å². The summed E-state index contributed by atoms with van der Waals surface area (Å²) in [7, 11) is 0. The zero-order valence-corrected chi connectivity index (χ0v) is 11.3. The van der Waals surface area contributed by atoms with Crippen LogP contribution in [0, 0.1) is 13.8 Å². The molecule has 3 N–H and O–H groups in total. The average Bonchev–Trinajstić information content (AvgIpc) is 2.71. The van der Waals surface area contributed by atoms with E-state index in [1.54, 1.807) is 11.3 Å². The zero-order chi connectivity index (χ0) is 12.4. The second-order valence-electron chi connectivity index (χ2n) is 3.90. The molecule has 5 heteroatoms. The van der Waals surface area contributed by atoms with Crippen LogP contribution in [0.2, 0.25) is 5.02 Å². The van der Waals surface area contributed by atoms with Crippen molar-refractivity contribution in [3.8, 4) is 0 Å². The third-order valence-corrected chi connectivity index (χ3v) is 3.83. The van der Waals surface area contributed by atoms with Gasteiger partial charge in [0.15, 0.2) is 0 Å². The summed E-state index contributed by atoms with van der Waals surface area (Å²) < 4.78 is 0. The summed E-state index contributed by atoms with van der Waals surface area (Å²) in [5.74, 6) is 5.61. The molecule has 0 saturated heterocycles. The molecule has 0 aliphatic heterocycles. The van der Waals surface area contributed by atoms with Crippen LogP contribution in [0.4, 0.5) is 0 Å². The van der Waals surface area contributed by atoms with Gasteiger partial charge in [-0.15, -0.1) is 11.3 Å². The van der Waals surface area contributed by atoms with E-state index in [4.69, 9.17) is 17.4 Å². The number of hydrogen-bond acceptors (Lipinski definition) is 4. The Balaban J connectivity index is 2.38. The fraction of sp³-hybridized carbons (Fsp3) is 0.250. The molecule has 1 aromatic carbocycles. The Hall–Kier alpha value is -0.940. The van der Waals surface area contributed by atoms with Gasteiger partial charge in [0, 0.05) is 10.4 Å². The lowest BCUT2D eigenvalue weighted by atomic mass is 10.0. The van der Waals surface area contributed by atoms with Gasteiger partial charge in [0.25, 0.3) is 0 Å². The Bertz CT molecular complexity index is 524. The molecule has 1 unspecified atom stereocenters. The molecule has 0 bridgehead atoms. The zero-order valence-electron chi connectivity index (χ0n) is 9.70. The maximum atomic E-state index is 6.12. The van der Waals surface area contributed by atoms with E-state index in [-0.39, 0.29) is 6.04 Å². The maximum Gasteiger partial charge on any atom is 0.0898 e. The Labute approximate surface area is 110 Å². The van der Waals surface area contributed by atoms with Gasteiger partial charge >= 0.3 is 0 Å². The van der Waals surface area contributed by atoms with Crippen LogP contribution in [0.5, 0.6) is 0 Å². The Morgan fingerprint density at radius 3 is 2.71 bits per heavy atom. The number of nitrogens with one attached hydrogen (secondary N) is 1. The minimum Gasteiger partial charge on any atom is -0.271 e. The van der Waals surface area contributed by atoms with Crippen LogP contribution in [0.15, 0.2) is 23.6 Å². The fourth-order valence-corrected chi connectivity index (χ4v) is 2.48. The number of benzene rings is 1. The van der Waals surface area contributed by atoms with Crippen LogP contribution >= 0.6 is 22.9 Å². The van der Waals surface area contributed by atoms with Crippen LogP contribution in [0.25, 0.3) is 0 Å². The highest BCUT2D eigenvalue weighted by Crippen LogP contribution is 2.26. The van der Waals surface area contributed by atoms with Crippen molar-refractivity contribution in [1.29, 1.82) is 0 Å². The lowest BCUT2D eigenvalue weighted by molar-refractivity contribution is 0.623. The van der Waals surface area contributed by atoms with Crippen LogP contribution in [0.1, 0.15) is 27.9 Å². The molecule has 90 valence electrons. The number of aryl methyl sites for hydroxylation is 2. The maximum absolute atomic E-state index is 6.12. The third-order valence-electron chi connectivity index (χ3n) is 2.63. The number of aromatic nitrogens is 1. The summed E-state index contributed by atoms with van der Waals surface area (Å²) >= 11 is 7.73. The van der Waals surface area contributed by atoms with Crippen molar-refractivity contribution in [2.45, 2.75) is 19.9 Å². The Kier molecular flexibility index (Phi) is 3.79. The smallest absolute Gasteiger partial charge is 0.0898 e. The molecule has 2 aromatic rings. The van der Waals surface area contributed by atoms with Crippen molar-refractivity contribution in [2.24, 2.45) is 5.84 Å². The first-order valence-corrected chi connectivity index (χ1v) is 6.52. The highest BCUT2D eigenvalue weighted by Gasteiger charge is 2.15. The van der Waals surface area contributed by atoms with E-state index in [2.05, 4.69) is 10.4 Å². The van der Waals surface area contributed by atoms with Crippen molar-refractivity contribution in [3.63, 3.8) is 0 Å². The van der Waals surface area contributed by atoms with E-state index in [1.165, 1.54) is 0 Å². The summed E-state index contributed by atoms with van der Waals surface area (Å²) in [6, 6.07) is 5.82. The molecule has 0 amide bonds. The SMILES string of the molecule is Cc1nc(C(NN)c2ccc(C)c(Cl)c2)cs1. The molecule has 1 heterocycles. The normalized spacial score (nSPS) is 12.7. The van der Waals surface area contributed by atoms with Gasteiger partial charge in [-0.1, -0.05) is 23.7 Å². The second kappa shape index (κ2) is 5.14. The number of halogens is 1. The number of hydrazine groups is 1. The summed E-state index contributed by atoms with van der Waals surface area (Å²) in [5, 5.41) is 3.78. The van der Waals surface area contributed by atoms with Gasteiger partial charge in [0.05, 0.1) is 16.7 Å². The molecule has 0 fully saturated rings. The van der Waals surface area contributed by atoms with Crippen molar-refractivity contribution >= 4 is 22.9 Å². The molecule has 3 nitrogen and oxygen atoms in total. The van der Waals surface area contributed by atoms with Crippen LogP contribution in [0.3, 0.4) is 0 Å². The lowest BCUT2D eigenvalue weighted by Crippen LogP contribution is -2.29. The minimum absolute atomic E-state index is 0.113. The first-order chi connectivity index (χ1) is 8.11. The molecule has 0 aliphatic carbocycles. The molecule has 0 radical (unpaired) electrons. The van der Waals surface area contributed by atoms with E-state index in [1.807, 2.05) is 37.4 Å². The predicted molar refractivity (Wildman–Crippen MR) is 72.2 cm³/mol. The van der Waals surface area contributed by atoms with Crippen LogP contribution in [-0.4, -0.2) is 4.98 Å². The van der Waals surface area contributed by atoms with Gasteiger partial charge in [-0.05, 0) is 31.0 Å². The van der Waals surface area contributed by atoms with Gasteiger partial charge < -0.3 is 0 Å². The number of thiazole rings is 1. The molecular formula is C12H14ClN3S. The Morgan fingerprint density at radius 2 is 2.18 bits per heavy atom. The first kappa shape index (κ1) is 12.5. The number of hydrogen-bond donors (Lipinski definition) is 2. The monoisotopic (exact) mass is 267 g/mol. The quantitative estimate of drug-likeness (QED) is 0.664. The molecule has 0 spiro atoms. The summed E-state index contributed by atoms with van der Waals surface area (Å²) in [4.78, 5) is 4.44. The van der Waals surface area contributed by atoms with Crippen molar-refractivity contribution in [1.82, 2.24) is 10.4 Å². The standard InChI is InChI=1S/C12H14ClN3S/c1-7-3-4-9(5-10(7)13)12(16-14)11-6-17-8(2)15-11/h3-6,12,16H,14H2,1-2H3. The molecule has 17 heavy (non-hydrogen) atoms.